The monoisotopic (exact) mass is 282 g/mol. The van der Waals surface area contributed by atoms with Gasteiger partial charge in [0.15, 0.2) is 0 Å². The van der Waals surface area contributed by atoms with E-state index in [0.717, 1.165) is 24.8 Å². The third kappa shape index (κ3) is 6.50. The van der Waals surface area contributed by atoms with Crippen molar-refractivity contribution in [1.82, 2.24) is 0 Å². The second-order valence-corrected chi connectivity index (χ2v) is 6.02. The average molecular weight is 282 g/mol. The fourth-order valence-corrected chi connectivity index (χ4v) is 2.69. The summed E-state index contributed by atoms with van der Waals surface area (Å²) in [7, 11) is -1.06. The molecular weight excluding hydrogens is 260 g/mol. The van der Waals surface area contributed by atoms with Crippen molar-refractivity contribution in [3.05, 3.63) is 29.8 Å². The van der Waals surface area contributed by atoms with E-state index in [4.69, 9.17) is 5.73 Å². The van der Waals surface area contributed by atoms with Crippen LogP contribution in [0.4, 0.5) is 5.69 Å². The molecule has 1 amide bonds. The van der Waals surface area contributed by atoms with Crippen LogP contribution in [0.15, 0.2) is 24.3 Å². The number of benzene rings is 1. The molecule has 19 heavy (non-hydrogen) atoms. The summed E-state index contributed by atoms with van der Waals surface area (Å²) < 4.78 is 11.7. The maximum absolute atomic E-state index is 11.7. The highest BCUT2D eigenvalue weighted by molar-refractivity contribution is 7.85. The standard InChI is InChI=1S/C14H22N2O2S/c1-2-3-4-9-19(18)11-14(17)16-13-7-5-12(10-15)6-8-13/h5-8H,2-4,9-11,15H2,1H3,(H,16,17). The highest BCUT2D eigenvalue weighted by Crippen LogP contribution is 2.09. The lowest BCUT2D eigenvalue weighted by molar-refractivity contribution is -0.113. The van der Waals surface area contributed by atoms with E-state index < -0.39 is 10.8 Å². The van der Waals surface area contributed by atoms with Crippen LogP contribution in [-0.2, 0) is 22.1 Å². The number of carbonyl (C=O) groups excluding carboxylic acids is 1. The second-order valence-electron chi connectivity index (χ2n) is 4.44. The minimum absolute atomic E-state index is 0.0718. The first-order valence-electron chi connectivity index (χ1n) is 6.59. The van der Waals surface area contributed by atoms with Crippen LogP contribution in [0, 0.1) is 0 Å². The number of anilines is 1. The fraction of sp³-hybridized carbons (Fsp3) is 0.500. The Morgan fingerprint density at radius 2 is 1.95 bits per heavy atom. The molecule has 106 valence electrons. The van der Waals surface area contributed by atoms with Crippen LogP contribution in [0.2, 0.25) is 0 Å². The summed E-state index contributed by atoms with van der Waals surface area (Å²) in [4.78, 5) is 11.7. The molecule has 0 spiro atoms. The first-order chi connectivity index (χ1) is 9.15. The number of nitrogens with one attached hydrogen (secondary N) is 1. The van der Waals surface area contributed by atoms with E-state index in [9.17, 15) is 9.00 Å². The van der Waals surface area contributed by atoms with Crippen molar-refractivity contribution in [1.29, 1.82) is 0 Å². The highest BCUT2D eigenvalue weighted by Gasteiger charge is 2.08. The topological polar surface area (TPSA) is 72.2 Å². The van der Waals surface area contributed by atoms with Crippen molar-refractivity contribution in [3.8, 4) is 0 Å². The summed E-state index contributed by atoms with van der Waals surface area (Å²) in [6, 6.07) is 7.35. The van der Waals surface area contributed by atoms with Gasteiger partial charge in [0.05, 0.1) is 0 Å². The molecule has 0 saturated carbocycles. The van der Waals surface area contributed by atoms with Gasteiger partial charge in [0.1, 0.15) is 5.75 Å². The molecule has 0 aliphatic heterocycles. The van der Waals surface area contributed by atoms with Gasteiger partial charge < -0.3 is 11.1 Å². The van der Waals surface area contributed by atoms with E-state index in [2.05, 4.69) is 12.2 Å². The minimum atomic E-state index is -1.06. The zero-order chi connectivity index (χ0) is 14.1. The zero-order valence-corrected chi connectivity index (χ0v) is 12.2. The molecule has 0 bridgehead atoms. The predicted octanol–water partition coefficient (Wildman–Crippen LogP) is 2.02. The molecular formula is C14H22N2O2S. The maximum Gasteiger partial charge on any atom is 0.236 e. The molecule has 1 aromatic carbocycles. The summed E-state index contributed by atoms with van der Waals surface area (Å²) in [6.07, 6.45) is 3.08. The predicted molar refractivity (Wildman–Crippen MR) is 80.4 cm³/mol. The fourth-order valence-electron chi connectivity index (χ4n) is 1.65. The van der Waals surface area contributed by atoms with Crippen molar-refractivity contribution < 1.29 is 9.00 Å². The van der Waals surface area contributed by atoms with Crippen molar-refractivity contribution in [2.24, 2.45) is 5.73 Å². The van der Waals surface area contributed by atoms with E-state index in [1.165, 1.54) is 0 Å². The zero-order valence-electron chi connectivity index (χ0n) is 11.4. The molecule has 0 aliphatic rings. The van der Waals surface area contributed by atoms with Gasteiger partial charge in [-0.2, -0.15) is 0 Å². The Morgan fingerprint density at radius 1 is 1.26 bits per heavy atom. The molecule has 0 radical (unpaired) electrons. The lowest BCUT2D eigenvalue weighted by Crippen LogP contribution is -2.20. The van der Waals surface area contributed by atoms with Crippen LogP contribution in [0.1, 0.15) is 31.7 Å². The van der Waals surface area contributed by atoms with E-state index in [0.29, 0.717) is 18.0 Å². The molecule has 0 saturated heterocycles. The maximum atomic E-state index is 11.7. The van der Waals surface area contributed by atoms with E-state index in [-0.39, 0.29) is 11.7 Å². The lowest BCUT2D eigenvalue weighted by Gasteiger charge is -2.06. The first kappa shape index (κ1) is 15.9. The van der Waals surface area contributed by atoms with Crippen LogP contribution >= 0.6 is 0 Å². The van der Waals surface area contributed by atoms with Gasteiger partial charge in [-0.15, -0.1) is 0 Å². The number of nitrogens with two attached hydrogens (primary N) is 1. The Hall–Kier alpha value is -1.20. The molecule has 0 heterocycles. The SMILES string of the molecule is CCCCCS(=O)CC(=O)Nc1ccc(CN)cc1. The summed E-state index contributed by atoms with van der Waals surface area (Å²) in [5, 5.41) is 2.74. The van der Waals surface area contributed by atoms with E-state index in [1.807, 2.05) is 12.1 Å². The largest absolute Gasteiger partial charge is 0.326 e. The Balaban J connectivity index is 2.35. The number of hydrogen-bond donors (Lipinski definition) is 2. The number of hydrogen-bond acceptors (Lipinski definition) is 3. The molecule has 4 nitrogen and oxygen atoms in total. The molecule has 0 aromatic heterocycles. The van der Waals surface area contributed by atoms with Gasteiger partial charge in [-0.3, -0.25) is 9.00 Å². The number of carbonyl (C=O) groups is 1. The molecule has 3 N–H and O–H groups in total. The Kier molecular flexibility index (Phi) is 7.36. The van der Waals surface area contributed by atoms with Gasteiger partial charge in [-0.25, -0.2) is 0 Å². The van der Waals surface area contributed by atoms with Crippen LogP contribution in [0.25, 0.3) is 0 Å². The molecule has 5 heteroatoms. The first-order valence-corrected chi connectivity index (χ1v) is 8.08. The molecule has 0 fully saturated rings. The Morgan fingerprint density at radius 3 is 2.53 bits per heavy atom. The van der Waals surface area contributed by atoms with Crippen molar-refractivity contribution in [3.63, 3.8) is 0 Å². The molecule has 1 rings (SSSR count). The normalized spacial score (nSPS) is 12.1. The van der Waals surface area contributed by atoms with Gasteiger partial charge >= 0.3 is 0 Å². The number of unbranched alkanes of at least 4 members (excludes halogenated alkanes) is 2. The molecule has 0 aliphatic carbocycles. The van der Waals surface area contributed by atoms with Crippen LogP contribution in [0.3, 0.4) is 0 Å². The van der Waals surface area contributed by atoms with Crippen molar-refractivity contribution in [2.45, 2.75) is 32.7 Å². The quantitative estimate of drug-likeness (QED) is 0.717. The average Bonchev–Trinajstić information content (AvgIpc) is 2.39. The van der Waals surface area contributed by atoms with Gasteiger partial charge in [0.25, 0.3) is 0 Å². The van der Waals surface area contributed by atoms with Crippen molar-refractivity contribution in [2.75, 3.05) is 16.8 Å². The van der Waals surface area contributed by atoms with E-state index in [1.54, 1.807) is 12.1 Å². The van der Waals surface area contributed by atoms with Crippen molar-refractivity contribution >= 4 is 22.4 Å². The third-order valence-corrected chi connectivity index (χ3v) is 4.07. The number of rotatable bonds is 8. The van der Waals surface area contributed by atoms with Gasteiger partial charge in [0.2, 0.25) is 5.91 Å². The second kappa shape index (κ2) is 8.82. The summed E-state index contributed by atoms with van der Waals surface area (Å²) >= 11 is 0. The molecule has 1 atom stereocenters. The minimum Gasteiger partial charge on any atom is -0.326 e. The van der Waals surface area contributed by atoms with Gasteiger partial charge in [-0.1, -0.05) is 31.9 Å². The number of amides is 1. The summed E-state index contributed by atoms with van der Waals surface area (Å²) in [5.41, 5.74) is 7.23. The molecule has 1 unspecified atom stereocenters. The highest BCUT2D eigenvalue weighted by atomic mass is 32.2. The third-order valence-electron chi connectivity index (χ3n) is 2.74. The smallest absolute Gasteiger partial charge is 0.236 e. The van der Waals surface area contributed by atoms with Gasteiger partial charge in [0, 0.05) is 28.8 Å². The Labute approximate surface area is 117 Å². The molecule has 1 aromatic rings. The lowest BCUT2D eigenvalue weighted by atomic mass is 10.2. The van der Waals surface area contributed by atoms with Crippen LogP contribution < -0.4 is 11.1 Å². The summed E-state index contributed by atoms with van der Waals surface area (Å²) in [6.45, 7) is 2.58. The van der Waals surface area contributed by atoms with Crippen LogP contribution in [-0.4, -0.2) is 21.6 Å². The Bertz CT molecular complexity index is 418. The summed E-state index contributed by atoms with van der Waals surface area (Å²) in [5.74, 6) is 0.478. The van der Waals surface area contributed by atoms with Crippen LogP contribution in [0.5, 0.6) is 0 Å². The van der Waals surface area contributed by atoms with E-state index >= 15 is 0 Å². The van der Waals surface area contributed by atoms with Gasteiger partial charge in [-0.05, 0) is 24.1 Å².